The van der Waals surface area contributed by atoms with Crippen molar-refractivity contribution in [2.75, 3.05) is 0 Å². The van der Waals surface area contributed by atoms with Crippen molar-refractivity contribution in [1.82, 2.24) is 0 Å². The van der Waals surface area contributed by atoms with E-state index >= 15 is 0 Å². The number of fused-ring (bicyclic) bond motifs is 2. The molecule has 1 fully saturated rings. The monoisotopic (exact) mass is 274 g/mol. The molecule has 1 saturated carbocycles. The molecule has 0 radical (unpaired) electrons. The highest BCUT2D eigenvalue weighted by Crippen LogP contribution is 2.71. The summed E-state index contributed by atoms with van der Waals surface area (Å²) < 4.78 is 82.5. The summed E-state index contributed by atoms with van der Waals surface area (Å²) in [6.45, 7) is 3.39. The molecule has 3 atom stereocenters. The van der Waals surface area contributed by atoms with Crippen LogP contribution in [0.4, 0.5) is 26.3 Å². The molecule has 2 bridgehead atoms. The molecule has 104 valence electrons. The van der Waals surface area contributed by atoms with Crippen LogP contribution in [0, 0.1) is 5.92 Å². The number of aliphatic hydroxyl groups is 1. The molecule has 1 nitrogen and oxygen atoms in total. The van der Waals surface area contributed by atoms with Crippen LogP contribution in [0.15, 0.2) is 11.1 Å². The summed E-state index contributed by atoms with van der Waals surface area (Å²) in [5, 5.41) is 9.36. The molecule has 18 heavy (non-hydrogen) atoms. The summed E-state index contributed by atoms with van der Waals surface area (Å²) in [4.78, 5) is 0. The molecule has 0 amide bonds. The molecule has 7 heteroatoms. The van der Waals surface area contributed by atoms with E-state index in [1.807, 2.05) is 0 Å². The Morgan fingerprint density at radius 1 is 0.944 bits per heavy atom. The van der Waals surface area contributed by atoms with Crippen LogP contribution in [-0.2, 0) is 0 Å². The number of aliphatic hydroxyl groups excluding tert-OH is 1. The first kappa shape index (κ1) is 13.7. The van der Waals surface area contributed by atoms with Crippen LogP contribution >= 0.6 is 0 Å². The molecule has 0 aromatic carbocycles. The lowest BCUT2D eigenvalue weighted by Crippen LogP contribution is -2.58. The maximum Gasteiger partial charge on any atom is 0.353 e. The van der Waals surface area contributed by atoms with Crippen molar-refractivity contribution in [3.63, 3.8) is 0 Å². The van der Waals surface area contributed by atoms with Crippen LogP contribution in [-0.4, -0.2) is 34.4 Å². The fraction of sp³-hybridized carbons (Fsp3) is 0.818. The van der Waals surface area contributed by atoms with Crippen molar-refractivity contribution in [3.8, 4) is 0 Å². The lowest BCUT2D eigenvalue weighted by atomic mass is 9.79. The molecular formula is C11H12F6O. The Morgan fingerprint density at radius 2 is 1.33 bits per heavy atom. The molecular weight excluding hydrogens is 262 g/mol. The van der Waals surface area contributed by atoms with Gasteiger partial charge < -0.3 is 5.11 Å². The molecule has 0 spiro atoms. The normalized spacial score (nSPS) is 45.2. The summed E-state index contributed by atoms with van der Waals surface area (Å²) in [7, 11) is 0. The summed E-state index contributed by atoms with van der Waals surface area (Å²) in [5.41, 5.74) is -9.70. The standard InChI is InChI=1S/C11H12F6O/c1-4(2)6-5(3)8(12)7(18)9(6,13)11(16,17)10(8,14)15/h4,7,18H,1-3H3. The van der Waals surface area contributed by atoms with Gasteiger partial charge in [-0.1, -0.05) is 13.8 Å². The second-order valence-electron chi connectivity index (χ2n) is 5.17. The average Bonchev–Trinajstić information content (AvgIpc) is 2.42. The van der Waals surface area contributed by atoms with E-state index in [1.165, 1.54) is 13.8 Å². The van der Waals surface area contributed by atoms with Crippen LogP contribution < -0.4 is 0 Å². The second kappa shape index (κ2) is 3.05. The fourth-order valence-electron chi connectivity index (χ4n) is 3.15. The van der Waals surface area contributed by atoms with E-state index in [4.69, 9.17) is 0 Å². The highest BCUT2D eigenvalue weighted by atomic mass is 19.3. The van der Waals surface area contributed by atoms with Gasteiger partial charge >= 0.3 is 11.8 Å². The minimum Gasteiger partial charge on any atom is -0.385 e. The first-order valence-corrected chi connectivity index (χ1v) is 5.41. The third-order valence-corrected chi connectivity index (χ3v) is 3.98. The molecule has 0 saturated heterocycles. The second-order valence-corrected chi connectivity index (χ2v) is 5.17. The van der Waals surface area contributed by atoms with E-state index in [0.717, 1.165) is 6.92 Å². The molecule has 0 aliphatic heterocycles. The zero-order chi connectivity index (χ0) is 14.3. The Balaban J connectivity index is 2.84. The van der Waals surface area contributed by atoms with Gasteiger partial charge in [0, 0.05) is 0 Å². The number of alkyl halides is 6. The summed E-state index contributed by atoms with van der Waals surface area (Å²) in [6.07, 6.45) is -3.09. The highest BCUT2D eigenvalue weighted by molar-refractivity contribution is 5.54. The summed E-state index contributed by atoms with van der Waals surface area (Å²) >= 11 is 0. The Kier molecular flexibility index (Phi) is 2.33. The minimum atomic E-state index is -5.27. The van der Waals surface area contributed by atoms with Gasteiger partial charge in [0.25, 0.3) is 0 Å². The lowest BCUT2D eigenvalue weighted by Gasteiger charge is -2.38. The zero-order valence-corrected chi connectivity index (χ0v) is 9.87. The molecule has 2 aliphatic carbocycles. The van der Waals surface area contributed by atoms with Crippen LogP contribution in [0.25, 0.3) is 0 Å². The molecule has 1 N–H and O–H groups in total. The minimum absolute atomic E-state index is 0.770. The van der Waals surface area contributed by atoms with Gasteiger partial charge in [0.15, 0.2) is 0 Å². The first-order chi connectivity index (χ1) is 7.88. The molecule has 2 aliphatic rings. The van der Waals surface area contributed by atoms with E-state index < -0.39 is 46.4 Å². The Labute approximate surface area is 99.5 Å². The third-order valence-electron chi connectivity index (χ3n) is 3.98. The molecule has 3 unspecified atom stereocenters. The van der Waals surface area contributed by atoms with Crippen LogP contribution in [0.2, 0.25) is 0 Å². The van der Waals surface area contributed by atoms with Crippen molar-refractivity contribution in [1.29, 1.82) is 0 Å². The highest BCUT2D eigenvalue weighted by Gasteiger charge is 2.95. The lowest BCUT2D eigenvalue weighted by molar-refractivity contribution is -0.260. The van der Waals surface area contributed by atoms with E-state index in [1.54, 1.807) is 0 Å². The van der Waals surface area contributed by atoms with Gasteiger partial charge in [-0.3, -0.25) is 0 Å². The van der Waals surface area contributed by atoms with Gasteiger partial charge in [0.2, 0.25) is 11.3 Å². The predicted octanol–water partition coefficient (Wildman–Crippen LogP) is 3.03. The van der Waals surface area contributed by atoms with Crippen LogP contribution in [0.1, 0.15) is 20.8 Å². The van der Waals surface area contributed by atoms with Gasteiger partial charge in [-0.05, 0) is 24.0 Å². The summed E-state index contributed by atoms with van der Waals surface area (Å²) in [6, 6.07) is 0. The van der Waals surface area contributed by atoms with E-state index in [0.29, 0.717) is 0 Å². The van der Waals surface area contributed by atoms with Gasteiger partial charge in [-0.25, -0.2) is 8.78 Å². The molecule has 0 heterocycles. The number of hydrogen-bond acceptors (Lipinski definition) is 1. The van der Waals surface area contributed by atoms with Crippen molar-refractivity contribution < 1.29 is 31.4 Å². The van der Waals surface area contributed by atoms with E-state index in [2.05, 4.69) is 0 Å². The van der Waals surface area contributed by atoms with Crippen molar-refractivity contribution in [2.24, 2.45) is 5.92 Å². The van der Waals surface area contributed by atoms with Gasteiger partial charge in [-0.2, -0.15) is 17.6 Å². The maximum atomic E-state index is 14.4. The Hall–Kier alpha value is -0.720. The van der Waals surface area contributed by atoms with Crippen LogP contribution in [0.5, 0.6) is 0 Å². The molecule has 0 aromatic rings. The van der Waals surface area contributed by atoms with Crippen LogP contribution in [0.3, 0.4) is 0 Å². The molecule has 0 aromatic heterocycles. The number of hydrogen-bond donors (Lipinski definition) is 1. The largest absolute Gasteiger partial charge is 0.385 e. The fourth-order valence-corrected chi connectivity index (χ4v) is 3.15. The maximum absolute atomic E-state index is 14.4. The topological polar surface area (TPSA) is 20.2 Å². The number of halogens is 6. The zero-order valence-electron chi connectivity index (χ0n) is 9.87. The van der Waals surface area contributed by atoms with Gasteiger partial charge in [-0.15, -0.1) is 0 Å². The van der Waals surface area contributed by atoms with E-state index in [-0.39, 0.29) is 0 Å². The van der Waals surface area contributed by atoms with Gasteiger partial charge in [0.05, 0.1) is 0 Å². The predicted molar refractivity (Wildman–Crippen MR) is 51.1 cm³/mol. The van der Waals surface area contributed by atoms with Gasteiger partial charge in [0.1, 0.15) is 6.10 Å². The van der Waals surface area contributed by atoms with Crippen molar-refractivity contribution in [2.45, 2.75) is 50.1 Å². The molecule has 2 rings (SSSR count). The number of rotatable bonds is 1. The smallest absolute Gasteiger partial charge is 0.353 e. The third kappa shape index (κ3) is 0.917. The summed E-state index contributed by atoms with van der Waals surface area (Å²) in [5.74, 6) is -11.5. The Morgan fingerprint density at radius 3 is 1.67 bits per heavy atom. The van der Waals surface area contributed by atoms with Crippen molar-refractivity contribution in [3.05, 3.63) is 11.1 Å². The first-order valence-electron chi connectivity index (χ1n) is 5.41. The Bertz CT molecular complexity index is 443. The average molecular weight is 274 g/mol. The van der Waals surface area contributed by atoms with E-state index in [9.17, 15) is 31.4 Å². The van der Waals surface area contributed by atoms with Crippen molar-refractivity contribution >= 4 is 0 Å². The SMILES string of the molecule is CC1=C(C(C)C)C2(F)C(O)C1(F)C(F)(F)C2(F)F. The quantitative estimate of drug-likeness (QED) is 0.575.